The summed E-state index contributed by atoms with van der Waals surface area (Å²) in [6.07, 6.45) is 0. The van der Waals surface area contributed by atoms with Crippen LogP contribution in [0.3, 0.4) is 0 Å². The Bertz CT molecular complexity index is 1000. The highest BCUT2D eigenvalue weighted by molar-refractivity contribution is 7.90. The maximum atomic E-state index is 12.9. The van der Waals surface area contributed by atoms with E-state index in [9.17, 15) is 28.4 Å². The van der Waals surface area contributed by atoms with Gasteiger partial charge in [-0.05, 0) is 43.7 Å². The summed E-state index contributed by atoms with van der Waals surface area (Å²) in [5.41, 5.74) is -0.645. The van der Waals surface area contributed by atoms with Crippen molar-refractivity contribution in [2.24, 2.45) is 0 Å². The molecule has 10 heteroatoms. The Kier molecular flexibility index (Phi) is 7.32. The normalized spacial score (nSPS) is 11.0. The first kappa shape index (κ1) is 22.3. The number of carbonyl (C=O) groups is 2. The molecule has 9 nitrogen and oxygen atoms in total. The molecular weight excluding hydrogens is 402 g/mol. The van der Waals surface area contributed by atoms with Crippen LogP contribution in [0.1, 0.15) is 40.1 Å². The van der Waals surface area contributed by atoms with Gasteiger partial charge in [0.1, 0.15) is 0 Å². The number of benzene rings is 2. The van der Waals surface area contributed by atoms with Crippen LogP contribution in [-0.4, -0.2) is 38.8 Å². The topological polar surface area (TPSA) is 133 Å². The summed E-state index contributed by atoms with van der Waals surface area (Å²) >= 11 is 0. The number of hydrogen-bond donors (Lipinski definition) is 1. The van der Waals surface area contributed by atoms with Crippen molar-refractivity contribution < 1.29 is 32.7 Å². The standard InChI is InChI=1S/C19H20NO8S/c1-3-27-18(21)13-9-10-14(16(11-13)20(23)24)12-29(25,26)17-8-6-5-7-15(17)19(22)28-4-2/h5-11,23H,3-4,12H2,1-2H3/q-1. The third-order valence-electron chi connectivity index (χ3n) is 3.87. The number of carbonyl (C=O) groups excluding carboxylic acids is 2. The molecule has 0 unspecified atom stereocenters. The lowest BCUT2D eigenvalue weighted by Crippen LogP contribution is -2.17. The number of esters is 2. The van der Waals surface area contributed by atoms with Gasteiger partial charge in [-0.3, -0.25) is 5.21 Å². The molecule has 0 radical (unpaired) electrons. The molecule has 0 saturated carbocycles. The summed E-state index contributed by atoms with van der Waals surface area (Å²) in [5.74, 6) is -2.21. The Morgan fingerprint density at radius 3 is 2.28 bits per heavy atom. The molecule has 0 spiro atoms. The van der Waals surface area contributed by atoms with E-state index in [1.807, 2.05) is 0 Å². The minimum absolute atomic E-state index is 0.0233. The summed E-state index contributed by atoms with van der Waals surface area (Å²) in [4.78, 5) is 23.6. The molecule has 0 aliphatic carbocycles. The van der Waals surface area contributed by atoms with Crippen LogP contribution < -0.4 is 5.23 Å². The lowest BCUT2D eigenvalue weighted by atomic mass is 10.1. The molecule has 0 aliphatic rings. The van der Waals surface area contributed by atoms with E-state index < -0.39 is 38.4 Å². The van der Waals surface area contributed by atoms with Crippen molar-refractivity contribution >= 4 is 27.5 Å². The summed E-state index contributed by atoms with van der Waals surface area (Å²) in [5, 5.41) is 20.4. The zero-order chi connectivity index (χ0) is 21.6. The molecule has 2 aromatic carbocycles. The van der Waals surface area contributed by atoms with Gasteiger partial charge < -0.3 is 19.9 Å². The molecule has 0 bridgehead atoms. The second kappa shape index (κ2) is 9.50. The highest BCUT2D eigenvalue weighted by Crippen LogP contribution is 2.27. The molecule has 0 aliphatic heterocycles. The highest BCUT2D eigenvalue weighted by Gasteiger charge is 2.25. The number of rotatable bonds is 8. The Morgan fingerprint density at radius 2 is 1.66 bits per heavy atom. The van der Waals surface area contributed by atoms with E-state index in [2.05, 4.69) is 0 Å². The van der Waals surface area contributed by atoms with Crippen molar-refractivity contribution in [2.75, 3.05) is 18.4 Å². The van der Waals surface area contributed by atoms with Crippen molar-refractivity contribution in [2.45, 2.75) is 24.5 Å². The summed E-state index contributed by atoms with van der Waals surface area (Å²) in [6, 6.07) is 9.07. The summed E-state index contributed by atoms with van der Waals surface area (Å²) in [7, 11) is -4.10. The van der Waals surface area contributed by atoms with Gasteiger partial charge in [-0.15, -0.1) is 0 Å². The average molecular weight is 422 g/mol. The van der Waals surface area contributed by atoms with Crippen LogP contribution in [0.4, 0.5) is 5.69 Å². The molecule has 29 heavy (non-hydrogen) atoms. The Morgan fingerprint density at radius 1 is 1.03 bits per heavy atom. The Balaban J connectivity index is 2.45. The zero-order valence-electron chi connectivity index (χ0n) is 15.8. The van der Waals surface area contributed by atoms with Gasteiger partial charge in [0.2, 0.25) is 0 Å². The van der Waals surface area contributed by atoms with E-state index in [-0.39, 0.29) is 34.8 Å². The fourth-order valence-electron chi connectivity index (χ4n) is 2.60. The van der Waals surface area contributed by atoms with Gasteiger partial charge in [0.05, 0.1) is 40.7 Å². The largest absolute Gasteiger partial charge is 0.733 e. The van der Waals surface area contributed by atoms with E-state index in [0.29, 0.717) is 0 Å². The molecule has 1 N–H and O–H groups in total. The number of nitrogens with zero attached hydrogens (tertiary/aromatic N) is 1. The van der Waals surface area contributed by atoms with Crippen molar-refractivity contribution in [3.63, 3.8) is 0 Å². The van der Waals surface area contributed by atoms with Crippen molar-refractivity contribution in [3.05, 3.63) is 64.4 Å². The third kappa shape index (κ3) is 5.31. The maximum Gasteiger partial charge on any atom is 0.339 e. The number of anilines is 1. The second-order valence-electron chi connectivity index (χ2n) is 5.81. The minimum Gasteiger partial charge on any atom is -0.733 e. The van der Waals surface area contributed by atoms with Gasteiger partial charge in [-0.2, -0.15) is 0 Å². The van der Waals surface area contributed by atoms with Crippen molar-refractivity contribution in [3.8, 4) is 0 Å². The van der Waals surface area contributed by atoms with Crippen molar-refractivity contribution in [1.29, 1.82) is 0 Å². The van der Waals surface area contributed by atoms with Crippen LogP contribution >= 0.6 is 0 Å². The monoisotopic (exact) mass is 422 g/mol. The molecule has 156 valence electrons. The van der Waals surface area contributed by atoms with Gasteiger partial charge in [0.15, 0.2) is 9.84 Å². The van der Waals surface area contributed by atoms with E-state index in [1.165, 1.54) is 36.4 Å². The van der Waals surface area contributed by atoms with E-state index >= 15 is 0 Å². The lowest BCUT2D eigenvalue weighted by molar-refractivity contribution is 0.0514. The summed E-state index contributed by atoms with van der Waals surface area (Å²) in [6.45, 7) is 3.38. The molecular formula is C19H20NO8S-. The van der Waals surface area contributed by atoms with Gasteiger partial charge in [0, 0.05) is 0 Å². The summed E-state index contributed by atoms with van der Waals surface area (Å²) < 4.78 is 35.6. The van der Waals surface area contributed by atoms with Crippen LogP contribution in [0.5, 0.6) is 0 Å². The molecule has 0 saturated heterocycles. The average Bonchev–Trinajstić information content (AvgIpc) is 2.68. The Hall–Kier alpha value is -2.95. The zero-order valence-corrected chi connectivity index (χ0v) is 16.6. The fourth-order valence-corrected chi connectivity index (χ4v) is 4.18. The molecule has 2 rings (SSSR count). The maximum absolute atomic E-state index is 12.9. The number of sulfone groups is 1. The quantitative estimate of drug-likeness (QED) is 0.503. The van der Waals surface area contributed by atoms with E-state index in [0.717, 1.165) is 6.07 Å². The lowest BCUT2D eigenvalue weighted by Gasteiger charge is -2.25. The predicted molar refractivity (Wildman–Crippen MR) is 103 cm³/mol. The highest BCUT2D eigenvalue weighted by atomic mass is 32.2. The van der Waals surface area contributed by atoms with E-state index in [1.54, 1.807) is 13.8 Å². The third-order valence-corrected chi connectivity index (χ3v) is 5.58. The van der Waals surface area contributed by atoms with Gasteiger partial charge >= 0.3 is 11.9 Å². The predicted octanol–water partition coefficient (Wildman–Crippen LogP) is 2.71. The Labute approximate surface area is 167 Å². The number of ether oxygens (including phenoxy) is 2. The smallest absolute Gasteiger partial charge is 0.339 e. The van der Waals surface area contributed by atoms with Crippen LogP contribution in [-0.2, 0) is 25.1 Å². The van der Waals surface area contributed by atoms with Gasteiger partial charge in [-0.25, -0.2) is 18.0 Å². The fraction of sp³-hybridized carbons (Fsp3) is 0.263. The minimum atomic E-state index is -4.10. The molecule has 0 fully saturated rings. The first-order valence-electron chi connectivity index (χ1n) is 8.66. The SMILES string of the molecule is CCOC(=O)c1ccc(CS(=O)(=O)c2ccccc2C(=O)OCC)c(N([O-])O)c1. The van der Waals surface area contributed by atoms with Crippen LogP contribution in [0.2, 0.25) is 0 Å². The van der Waals surface area contributed by atoms with E-state index in [4.69, 9.17) is 9.47 Å². The van der Waals surface area contributed by atoms with Crippen LogP contribution in [0, 0.1) is 5.21 Å². The van der Waals surface area contributed by atoms with Gasteiger partial charge in [0.25, 0.3) is 0 Å². The first-order valence-corrected chi connectivity index (χ1v) is 10.3. The van der Waals surface area contributed by atoms with Crippen molar-refractivity contribution in [1.82, 2.24) is 0 Å². The molecule has 0 aromatic heterocycles. The van der Waals surface area contributed by atoms with Gasteiger partial charge in [-0.1, -0.05) is 18.2 Å². The first-order chi connectivity index (χ1) is 13.7. The van der Waals surface area contributed by atoms with Crippen LogP contribution in [0.25, 0.3) is 0 Å². The van der Waals surface area contributed by atoms with Crippen LogP contribution in [0.15, 0.2) is 47.4 Å². The molecule has 0 atom stereocenters. The molecule has 2 aromatic rings. The molecule has 0 amide bonds. The number of hydrogen-bond acceptors (Lipinski definition) is 9. The molecule has 0 heterocycles. The second-order valence-corrected chi connectivity index (χ2v) is 7.77.